The Hall–Kier alpha value is -1.60. The molecule has 1 aromatic rings. The fraction of sp³-hybridized carbons (Fsp3) is 0.364. The zero-order valence-electron chi connectivity index (χ0n) is 10.2. The second-order valence-corrected chi connectivity index (χ2v) is 5.20. The first kappa shape index (κ1) is 15.5. The lowest BCUT2D eigenvalue weighted by molar-refractivity contribution is -0.123. The van der Waals surface area contributed by atoms with Crippen molar-refractivity contribution in [3.8, 4) is 0 Å². The maximum atomic E-state index is 11.5. The van der Waals surface area contributed by atoms with Crippen molar-refractivity contribution in [2.45, 2.75) is 13.3 Å². The van der Waals surface area contributed by atoms with E-state index >= 15 is 0 Å². The van der Waals surface area contributed by atoms with Crippen LogP contribution in [0.5, 0.6) is 0 Å². The summed E-state index contributed by atoms with van der Waals surface area (Å²) >= 11 is 6.72. The van der Waals surface area contributed by atoms with E-state index in [0.717, 1.165) is 17.8 Å². The molecule has 8 heteroatoms. The van der Waals surface area contributed by atoms with Gasteiger partial charge in [-0.05, 0) is 18.6 Å². The average molecular weight is 305 g/mol. The van der Waals surface area contributed by atoms with Crippen molar-refractivity contribution < 1.29 is 19.1 Å². The fourth-order valence-electron chi connectivity index (χ4n) is 1.07. The topological polar surface area (TPSA) is 84.5 Å². The van der Waals surface area contributed by atoms with Crippen molar-refractivity contribution in [1.82, 2.24) is 10.6 Å². The Morgan fingerprint density at radius 2 is 2.11 bits per heavy atom. The second-order valence-electron chi connectivity index (χ2n) is 3.48. The molecule has 0 unspecified atom stereocenters. The summed E-state index contributed by atoms with van der Waals surface area (Å²) in [6.45, 7) is 1.83. The molecule has 1 rings (SSSR count). The zero-order valence-corrected chi connectivity index (χ0v) is 11.8. The van der Waals surface area contributed by atoms with Gasteiger partial charge in [0.2, 0.25) is 0 Å². The van der Waals surface area contributed by atoms with E-state index in [9.17, 15) is 14.4 Å². The number of hydrogen-bond donors (Lipinski definition) is 2. The maximum absolute atomic E-state index is 11.5. The SMILES string of the molecule is CCCNC(=O)NC(=O)COC(=O)c1ccc(Cl)s1. The minimum Gasteiger partial charge on any atom is -0.451 e. The molecule has 0 fully saturated rings. The quantitative estimate of drug-likeness (QED) is 0.812. The molecular weight excluding hydrogens is 292 g/mol. The van der Waals surface area contributed by atoms with Gasteiger partial charge in [0.1, 0.15) is 4.88 Å². The normalized spacial score (nSPS) is 9.79. The van der Waals surface area contributed by atoms with E-state index in [1.54, 1.807) is 6.07 Å². The lowest BCUT2D eigenvalue weighted by Crippen LogP contribution is -2.41. The minimum atomic E-state index is -0.690. The van der Waals surface area contributed by atoms with Gasteiger partial charge in [-0.1, -0.05) is 18.5 Å². The predicted octanol–water partition coefficient (Wildman–Crippen LogP) is 1.79. The van der Waals surface area contributed by atoms with Crippen molar-refractivity contribution in [3.63, 3.8) is 0 Å². The molecule has 104 valence electrons. The highest BCUT2D eigenvalue weighted by Crippen LogP contribution is 2.21. The van der Waals surface area contributed by atoms with Gasteiger partial charge in [0.05, 0.1) is 4.34 Å². The number of carbonyl (C=O) groups is 3. The number of amides is 3. The predicted molar refractivity (Wildman–Crippen MR) is 71.4 cm³/mol. The van der Waals surface area contributed by atoms with Gasteiger partial charge in [-0.15, -0.1) is 11.3 Å². The van der Waals surface area contributed by atoms with Gasteiger partial charge in [0, 0.05) is 6.54 Å². The van der Waals surface area contributed by atoms with Crippen molar-refractivity contribution in [2.24, 2.45) is 0 Å². The number of nitrogens with one attached hydrogen (secondary N) is 2. The first-order valence-corrected chi connectivity index (χ1v) is 6.72. The highest BCUT2D eigenvalue weighted by Gasteiger charge is 2.13. The molecule has 1 heterocycles. The number of carbonyl (C=O) groups excluding carboxylic acids is 3. The molecule has 0 aromatic carbocycles. The largest absolute Gasteiger partial charge is 0.451 e. The molecule has 0 radical (unpaired) electrons. The highest BCUT2D eigenvalue weighted by molar-refractivity contribution is 7.17. The van der Waals surface area contributed by atoms with Gasteiger partial charge in [-0.25, -0.2) is 9.59 Å². The summed E-state index contributed by atoms with van der Waals surface area (Å²) in [5.74, 6) is -1.34. The zero-order chi connectivity index (χ0) is 14.3. The molecule has 0 aliphatic carbocycles. The lowest BCUT2D eigenvalue weighted by atomic mass is 10.5. The average Bonchev–Trinajstić information content (AvgIpc) is 2.80. The van der Waals surface area contributed by atoms with Crippen LogP contribution in [0.2, 0.25) is 4.34 Å². The van der Waals surface area contributed by atoms with E-state index in [-0.39, 0.29) is 0 Å². The Balaban J connectivity index is 2.30. The number of hydrogen-bond acceptors (Lipinski definition) is 5. The van der Waals surface area contributed by atoms with Gasteiger partial charge in [0.25, 0.3) is 5.91 Å². The number of rotatable bonds is 5. The molecule has 1 aromatic heterocycles. The van der Waals surface area contributed by atoms with Gasteiger partial charge < -0.3 is 10.1 Å². The Morgan fingerprint density at radius 3 is 2.68 bits per heavy atom. The van der Waals surface area contributed by atoms with Crippen LogP contribution >= 0.6 is 22.9 Å². The summed E-state index contributed by atoms with van der Waals surface area (Å²) in [5, 5.41) is 4.50. The first-order valence-electron chi connectivity index (χ1n) is 5.53. The third-order valence-corrected chi connectivity index (χ3v) is 3.11. The van der Waals surface area contributed by atoms with Gasteiger partial charge in [0.15, 0.2) is 6.61 Å². The van der Waals surface area contributed by atoms with Crippen LogP contribution in [0.4, 0.5) is 4.79 Å². The minimum absolute atomic E-state index is 0.299. The van der Waals surface area contributed by atoms with Crippen LogP contribution in [0.1, 0.15) is 23.0 Å². The maximum Gasteiger partial charge on any atom is 0.348 e. The molecule has 0 bridgehead atoms. The van der Waals surface area contributed by atoms with E-state index in [1.165, 1.54) is 6.07 Å². The first-order chi connectivity index (χ1) is 9.02. The molecule has 0 aliphatic heterocycles. The van der Waals surface area contributed by atoms with Crippen LogP contribution in [-0.4, -0.2) is 31.1 Å². The summed E-state index contributed by atoms with van der Waals surface area (Å²) in [7, 11) is 0. The molecule has 0 saturated heterocycles. The van der Waals surface area contributed by atoms with Crippen molar-refractivity contribution in [1.29, 1.82) is 0 Å². The lowest BCUT2D eigenvalue weighted by Gasteiger charge is -2.05. The number of imide groups is 1. The van der Waals surface area contributed by atoms with E-state index in [0.29, 0.717) is 15.8 Å². The van der Waals surface area contributed by atoms with Crippen molar-refractivity contribution in [2.75, 3.05) is 13.2 Å². The van der Waals surface area contributed by atoms with Crippen LogP contribution in [0.15, 0.2) is 12.1 Å². The van der Waals surface area contributed by atoms with Crippen LogP contribution in [0.3, 0.4) is 0 Å². The van der Waals surface area contributed by atoms with E-state index < -0.39 is 24.5 Å². The number of esters is 1. The molecule has 0 aliphatic rings. The smallest absolute Gasteiger partial charge is 0.348 e. The molecule has 0 saturated carbocycles. The van der Waals surface area contributed by atoms with Gasteiger partial charge in [-0.3, -0.25) is 10.1 Å². The molecule has 19 heavy (non-hydrogen) atoms. The fourth-order valence-corrected chi connectivity index (χ4v) is 2.01. The third kappa shape index (κ3) is 5.71. The molecule has 6 nitrogen and oxygen atoms in total. The number of thiophene rings is 1. The van der Waals surface area contributed by atoms with Crippen LogP contribution < -0.4 is 10.6 Å². The Bertz CT molecular complexity index is 475. The number of urea groups is 1. The standard InChI is InChI=1S/C11H13ClN2O4S/c1-2-5-13-11(17)14-9(15)6-18-10(16)7-3-4-8(12)19-7/h3-4H,2,5-6H2,1H3,(H2,13,14,15,17). The van der Waals surface area contributed by atoms with Crippen molar-refractivity contribution in [3.05, 3.63) is 21.3 Å². The molecule has 3 amide bonds. The summed E-state index contributed by atoms with van der Waals surface area (Å²) in [6.07, 6.45) is 0.760. The molecule has 2 N–H and O–H groups in total. The van der Waals surface area contributed by atoms with E-state index in [2.05, 4.69) is 5.32 Å². The van der Waals surface area contributed by atoms with Crippen LogP contribution in [0.25, 0.3) is 0 Å². The summed E-state index contributed by atoms with van der Waals surface area (Å²) < 4.78 is 5.18. The molecular formula is C11H13ClN2O4S. The third-order valence-electron chi connectivity index (χ3n) is 1.90. The van der Waals surface area contributed by atoms with Gasteiger partial charge in [-0.2, -0.15) is 0 Å². The molecule has 0 atom stereocenters. The van der Waals surface area contributed by atoms with E-state index in [1.807, 2.05) is 12.2 Å². The summed E-state index contributed by atoms with van der Waals surface area (Å²) in [5.41, 5.74) is 0. The molecule has 0 spiro atoms. The number of halogens is 1. The van der Waals surface area contributed by atoms with Crippen LogP contribution in [0, 0.1) is 0 Å². The Kier molecular flexibility index (Phi) is 6.31. The second kappa shape index (κ2) is 7.75. The van der Waals surface area contributed by atoms with Crippen LogP contribution in [-0.2, 0) is 9.53 Å². The van der Waals surface area contributed by atoms with Gasteiger partial charge >= 0.3 is 12.0 Å². The van der Waals surface area contributed by atoms with E-state index in [4.69, 9.17) is 16.3 Å². The summed E-state index contributed by atoms with van der Waals surface area (Å²) in [6, 6.07) is 2.45. The monoisotopic (exact) mass is 304 g/mol. The Labute approximate surface area is 119 Å². The van der Waals surface area contributed by atoms with Crippen molar-refractivity contribution >= 4 is 40.8 Å². The number of ether oxygens (including phenoxy) is 1. The highest BCUT2D eigenvalue weighted by atomic mass is 35.5. The Morgan fingerprint density at radius 1 is 1.37 bits per heavy atom. The summed E-state index contributed by atoms with van der Waals surface area (Å²) in [4.78, 5) is 34.2.